The Labute approximate surface area is 106 Å². The molecule has 1 aliphatic rings. The Hall–Kier alpha value is -0.570. The van der Waals surface area contributed by atoms with Gasteiger partial charge in [-0.2, -0.15) is 0 Å². The highest BCUT2D eigenvalue weighted by atomic mass is 16.2. The minimum Gasteiger partial charge on any atom is -0.341 e. The molecule has 1 aliphatic heterocycles. The number of nitrogens with two attached hydrogens (primary N) is 1. The number of hydrogen-bond acceptors (Lipinski definition) is 2. The molecule has 0 aliphatic carbocycles. The summed E-state index contributed by atoms with van der Waals surface area (Å²) in [4.78, 5) is 14.2. The van der Waals surface area contributed by atoms with Gasteiger partial charge >= 0.3 is 0 Å². The molecule has 1 heterocycles. The van der Waals surface area contributed by atoms with Crippen LogP contribution in [0.15, 0.2) is 0 Å². The molecule has 0 radical (unpaired) electrons. The Morgan fingerprint density at radius 3 is 2.59 bits per heavy atom. The fourth-order valence-corrected chi connectivity index (χ4v) is 2.35. The zero-order valence-electron chi connectivity index (χ0n) is 11.8. The van der Waals surface area contributed by atoms with E-state index in [4.69, 9.17) is 5.73 Å². The summed E-state index contributed by atoms with van der Waals surface area (Å²) in [5.74, 6) is 0.427. The molecule has 0 aromatic heterocycles. The molecule has 1 unspecified atom stereocenters. The van der Waals surface area contributed by atoms with Crippen LogP contribution in [0.1, 0.15) is 53.4 Å². The van der Waals surface area contributed by atoms with Crippen LogP contribution >= 0.6 is 0 Å². The standard InChI is InChI=1S/C14H28N2O/c1-5-11(2)12(15)13(17)16-9-6-7-14(3,4)8-10-16/h11-12H,5-10,15H2,1-4H3/t11?,12-/m0/s1. The second-order valence-electron chi connectivity index (χ2n) is 6.25. The molecule has 1 rings (SSSR count). The molecule has 0 aromatic rings. The maximum absolute atomic E-state index is 12.3. The van der Waals surface area contributed by atoms with Gasteiger partial charge in [-0.15, -0.1) is 0 Å². The molecule has 0 saturated carbocycles. The van der Waals surface area contributed by atoms with E-state index < -0.39 is 0 Å². The lowest BCUT2D eigenvalue weighted by Crippen LogP contribution is -2.47. The van der Waals surface area contributed by atoms with Crippen LogP contribution in [0.3, 0.4) is 0 Å². The molecule has 1 saturated heterocycles. The highest BCUT2D eigenvalue weighted by molar-refractivity contribution is 5.82. The number of carbonyl (C=O) groups excluding carboxylic acids is 1. The van der Waals surface area contributed by atoms with Crippen molar-refractivity contribution in [1.29, 1.82) is 0 Å². The molecular weight excluding hydrogens is 212 g/mol. The Bertz CT molecular complexity index is 263. The van der Waals surface area contributed by atoms with E-state index in [-0.39, 0.29) is 17.9 Å². The minimum atomic E-state index is -0.318. The van der Waals surface area contributed by atoms with Gasteiger partial charge in [-0.3, -0.25) is 4.79 Å². The molecule has 2 N–H and O–H groups in total. The SMILES string of the molecule is CCC(C)[C@H](N)C(=O)N1CCCC(C)(C)CC1. The van der Waals surface area contributed by atoms with Crippen molar-refractivity contribution in [1.82, 2.24) is 4.90 Å². The summed E-state index contributed by atoms with van der Waals surface area (Å²) >= 11 is 0. The third kappa shape index (κ3) is 3.98. The van der Waals surface area contributed by atoms with Crippen LogP contribution in [0.5, 0.6) is 0 Å². The first kappa shape index (κ1) is 14.5. The summed E-state index contributed by atoms with van der Waals surface area (Å²) in [6.07, 6.45) is 4.36. The van der Waals surface area contributed by atoms with Crippen LogP contribution in [-0.2, 0) is 4.79 Å². The van der Waals surface area contributed by atoms with Crippen molar-refractivity contribution in [2.24, 2.45) is 17.1 Å². The van der Waals surface area contributed by atoms with Gasteiger partial charge in [0.2, 0.25) is 5.91 Å². The molecule has 3 heteroatoms. The molecule has 2 atom stereocenters. The number of nitrogens with zero attached hydrogens (tertiary/aromatic N) is 1. The Morgan fingerprint density at radius 2 is 2.00 bits per heavy atom. The Kier molecular flexibility index (Phi) is 4.99. The fourth-order valence-electron chi connectivity index (χ4n) is 2.35. The first-order valence-electron chi connectivity index (χ1n) is 6.92. The van der Waals surface area contributed by atoms with Gasteiger partial charge in [0, 0.05) is 13.1 Å². The van der Waals surface area contributed by atoms with E-state index in [0.29, 0.717) is 5.41 Å². The average molecular weight is 240 g/mol. The van der Waals surface area contributed by atoms with E-state index in [1.54, 1.807) is 0 Å². The summed E-state index contributed by atoms with van der Waals surface area (Å²) in [5.41, 5.74) is 6.40. The number of carbonyl (C=O) groups is 1. The van der Waals surface area contributed by atoms with Gasteiger partial charge in [-0.25, -0.2) is 0 Å². The maximum Gasteiger partial charge on any atom is 0.239 e. The molecule has 100 valence electrons. The van der Waals surface area contributed by atoms with Gasteiger partial charge in [0.05, 0.1) is 6.04 Å². The smallest absolute Gasteiger partial charge is 0.239 e. The van der Waals surface area contributed by atoms with Gasteiger partial charge in [-0.1, -0.05) is 34.1 Å². The number of amides is 1. The van der Waals surface area contributed by atoms with Gasteiger partial charge in [0.1, 0.15) is 0 Å². The van der Waals surface area contributed by atoms with Crippen LogP contribution in [0.4, 0.5) is 0 Å². The van der Waals surface area contributed by atoms with Gasteiger partial charge in [0.25, 0.3) is 0 Å². The van der Waals surface area contributed by atoms with E-state index in [0.717, 1.165) is 32.4 Å². The number of rotatable bonds is 3. The van der Waals surface area contributed by atoms with Crippen molar-refractivity contribution in [3.05, 3.63) is 0 Å². The van der Waals surface area contributed by atoms with Crippen molar-refractivity contribution >= 4 is 5.91 Å². The largest absolute Gasteiger partial charge is 0.341 e. The molecule has 0 aromatic carbocycles. The molecule has 17 heavy (non-hydrogen) atoms. The van der Waals surface area contributed by atoms with Crippen molar-refractivity contribution in [2.45, 2.75) is 59.4 Å². The molecule has 0 bridgehead atoms. The lowest BCUT2D eigenvalue weighted by molar-refractivity contribution is -0.133. The van der Waals surface area contributed by atoms with Crippen LogP contribution < -0.4 is 5.73 Å². The van der Waals surface area contributed by atoms with E-state index >= 15 is 0 Å². The molecule has 0 spiro atoms. The predicted octanol–water partition coefficient (Wildman–Crippen LogP) is 2.40. The van der Waals surface area contributed by atoms with Gasteiger partial charge < -0.3 is 10.6 Å². The van der Waals surface area contributed by atoms with Crippen LogP contribution in [-0.4, -0.2) is 29.9 Å². The van der Waals surface area contributed by atoms with Crippen molar-refractivity contribution in [2.75, 3.05) is 13.1 Å². The second kappa shape index (κ2) is 5.85. The Morgan fingerprint density at radius 1 is 1.35 bits per heavy atom. The first-order valence-corrected chi connectivity index (χ1v) is 6.92. The quantitative estimate of drug-likeness (QED) is 0.823. The lowest BCUT2D eigenvalue weighted by Gasteiger charge is -2.27. The van der Waals surface area contributed by atoms with Crippen LogP contribution in [0.25, 0.3) is 0 Å². The fraction of sp³-hybridized carbons (Fsp3) is 0.929. The predicted molar refractivity (Wildman–Crippen MR) is 71.6 cm³/mol. The summed E-state index contributed by atoms with van der Waals surface area (Å²) in [6, 6.07) is -0.318. The highest BCUT2D eigenvalue weighted by Gasteiger charge is 2.29. The van der Waals surface area contributed by atoms with Crippen molar-refractivity contribution < 1.29 is 4.79 Å². The number of hydrogen-bond donors (Lipinski definition) is 1. The first-order chi connectivity index (χ1) is 7.87. The average Bonchev–Trinajstić information content (AvgIpc) is 2.47. The highest BCUT2D eigenvalue weighted by Crippen LogP contribution is 2.30. The van der Waals surface area contributed by atoms with E-state index in [1.165, 1.54) is 6.42 Å². The molecular formula is C14H28N2O. The van der Waals surface area contributed by atoms with E-state index in [1.807, 2.05) is 4.90 Å². The second-order valence-corrected chi connectivity index (χ2v) is 6.25. The zero-order chi connectivity index (χ0) is 13.1. The molecule has 1 amide bonds. The third-order valence-corrected chi connectivity index (χ3v) is 4.19. The topological polar surface area (TPSA) is 46.3 Å². The Balaban J connectivity index is 2.58. The molecule has 1 fully saturated rings. The summed E-state index contributed by atoms with van der Waals surface area (Å²) in [6.45, 7) is 10.5. The lowest BCUT2D eigenvalue weighted by atomic mass is 9.85. The zero-order valence-corrected chi connectivity index (χ0v) is 11.8. The summed E-state index contributed by atoms with van der Waals surface area (Å²) < 4.78 is 0. The summed E-state index contributed by atoms with van der Waals surface area (Å²) in [7, 11) is 0. The van der Waals surface area contributed by atoms with Gasteiger partial charge in [0.15, 0.2) is 0 Å². The van der Waals surface area contributed by atoms with Crippen LogP contribution in [0.2, 0.25) is 0 Å². The van der Waals surface area contributed by atoms with E-state index in [2.05, 4.69) is 27.7 Å². The minimum absolute atomic E-state index is 0.150. The normalized spacial score (nSPS) is 23.9. The van der Waals surface area contributed by atoms with Crippen molar-refractivity contribution in [3.8, 4) is 0 Å². The van der Waals surface area contributed by atoms with Crippen LogP contribution in [0, 0.1) is 11.3 Å². The third-order valence-electron chi connectivity index (χ3n) is 4.19. The van der Waals surface area contributed by atoms with Crippen molar-refractivity contribution in [3.63, 3.8) is 0 Å². The summed E-state index contributed by atoms with van der Waals surface area (Å²) in [5, 5.41) is 0. The maximum atomic E-state index is 12.3. The molecule has 3 nitrogen and oxygen atoms in total. The number of likely N-dealkylation sites (tertiary alicyclic amines) is 1. The van der Waals surface area contributed by atoms with Gasteiger partial charge in [-0.05, 0) is 30.6 Å². The monoisotopic (exact) mass is 240 g/mol. The van der Waals surface area contributed by atoms with E-state index in [9.17, 15) is 4.79 Å².